The molecule has 1 amide bonds. The Kier molecular flexibility index (Phi) is 6.02. The van der Waals surface area contributed by atoms with Gasteiger partial charge in [-0.3, -0.25) is 4.79 Å². The molecule has 1 rings (SSSR count). The van der Waals surface area contributed by atoms with Crippen LogP contribution in [0.4, 0.5) is 0 Å². The highest BCUT2D eigenvalue weighted by atomic mass is 79.9. The van der Waals surface area contributed by atoms with Crippen molar-refractivity contribution in [2.75, 3.05) is 0 Å². The second-order valence-corrected chi connectivity index (χ2v) is 5.72. The number of nitrogens with one attached hydrogen (secondary N) is 1. The van der Waals surface area contributed by atoms with Gasteiger partial charge in [0.15, 0.2) is 0 Å². The zero-order valence-corrected chi connectivity index (χ0v) is 12.6. The Bertz CT molecular complexity index is 434. The van der Waals surface area contributed by atoms with Gasteiger partial charge in [-0.2, -0.15) is 0 Å². The molecule has 0 spiro atoms. The summed E-state index contributed by atoms with van der Waals surface area (Å²) < 4.78 is 0. The van der Waals surface area contributed by atoms with Crippen LogP contribution in [0.25, 0.3) is 0 Å². The highest BCUT2D eigenvalue weighted by Crippen LogP contribution is 2.12. The van der Waals surface area contributed by atoms with Crippen LogP contribution in [0.5, 0.6) is 0 Å². The van der Waals surface area contributed by atoms with E-state index in [-0.39, 0.29) is 23.1 Å². The molecule has 1 aromatic carbocycles. The lowest BCUT2D eigenvalue weighted by Gasteiger charge is -2.19. The number of halogens is 1. The normalized spacial score (nSPS) is 13.9. The Morgan fingerprint density at radius 3 is 2.32 bits per heavy atom. The molecule has 0 saturated heterocycles. The number of benzene rings is 1. The van der Waals surface area contributed by atoms with Gasteiger partial charge >= 0.3 is 5.97 Å². The molecule has 0 aromatic heterocycles. The zero-order valence-electron chi connectivity index (χ0n) is 11.0. The van der Waals surface area contributed by atoms with Gasteiger partial charge in [0.2, 0.25) is 5.91 Å². The summed E-state index contributed by atoms with van der Waals surface area (Å²) >= 11 is 3.27. The van der Waals surface area contributed by atoms with Crippen LogP contribution < -0.4 is 5.32 Å². The number of carboxylic acids is 1. The van der Waals surface area contributed by atoms with Gasteiger partial charge in [-0.25, -0.2) is 4.79 Å². The van der Waals surface area contributed by atoms with E-state index in [1.54, 1.807) is 0 Å². The van der Waals surface area contributed by atoms with Gasteiger partial charge in [-0.15, -0.1) is 0 Å². The largest absolute Gasteiger partial charge is 0.480 e. The molecule has 2 atom stereocenters. The van der Waals surface area contributed by atoms with Crippen molar-refractivity contribution in [3.05, 3.63) is 35.9 Å². The quantitative estimate of drug-likeness (QED) is 0.787. The fourth-order valence-electron chi connectivity index (χ4n) is 1.60. The minimum atomic E-state index is -1.03. The van der Waals surface area contributed by atoms with Crippen molar-refractivity contribution in [2.24, 2.45) is 5.92 Å². The number of hydrogen-bond donors (Lipinski definition) is 2. The summed E-state index contributed by atoms with van der Waals surface area (Å²) in [6.45, 7) is 3.79. The van der Waals surface area contributed by atoms with Crippen molar-refractivity contribution in [1.82, 2.24) is 5.32 Å². The van der Waals surface area contributed by atoms with Gasteiger partial charge in [0.1, 0.15) is 6.04 Å². The molecule has 1 unspecified atom stereocenters. The summed E-state index contributed by atoms with van der Waals surface area (Å²) in [5.41, 5.74) is 0.880. The minimum absolute atomic E-state index is 0.103. The first-order valence-corrected chi connectivity index (χ1v) is 7.04. The first-order valence-electron chi connectivity index (χ1n) is 6.13. The Morgan fingerprint density at radius 1 is 1.26 bits per heavy atom. The lowest BCUT2D eigenvalue weighted by atomic mass is 10.0. The summed E-state index contributed by atoms with van der Waals surface area (Å²) in [5, 5.41) is 11.7. The molecule has 2 N–H and O–H groups in total. The molecule has 0 fully saturated rings. The Balaban J connectivity index is 2.69. The number of amides is 1. The Morgan fingerprint density at radius 2 is 1.84 bits per heavy atom. The van der Waals surface area contributed by atoms with E-state index in [9.17, 15) is 14.7 Å². The summed E-state index contributed by atoms with van der Waals surface area (Å²) in [4.78, 5) is 22.7. The summed E-state index contributed by atoms with van der Waals surface area (Å²) in [5.74, 6) is -1.22. The predicted molar refractivity (Wildman–Crippen MR) is 77.3 cm³/mol. The third-order valence-corrected chi connectivity index (χ3v) is 4.21. The monoisotopic (exact) mass is 327 g/mol. The summed E-state index contributed by atoms with van der Waals surface area (Å²) in [7, 11) is 0. The number of alkyl halides is 1. The minimum Gasteiger partial charge on any atom is -0.480 e. The van der Waals surface area contributed by atoms with Crippen molar-refractivity contribution in [3.8, 4) is 0 Å². The molecule has 0 aliphatic rings. The maximum Gasteiger partial charge on any atom is 0.326 e. The van der Waals surface area contributed by atoms with Crippen molar-refractivity contribution in [1.29, 1.82) is 0 Å². The number of rotatable bonds is 6. The van der Waals surface area contributed by atoms with E-state index in [2.05, 4.69) is 21.2 Å². The number of carboxylic acid groups (broad SMARTS) is 1. The SMILES string of the molecule is CC(C)C(Br)C(=O)N[C@@H](Cc1ccccc1)C(=O)O. The second kappa shape index (κ2) is 7.28. The summed E-state index contributed by atoms with van der Waals surface area (Å²) in [6, 6.07) is 8.33. The van der Waals surface area contributed by atoms with Crippen LogP contribution in [0, 0.1) is 5.92 Å². The van der Waals surface area contributed by atoms with Crippen LogP contribution in [0.2, 0.25) is 0 Å². The number of aliphatic carboxylic acids is 1. The van der Waals surface area contributed by atoms with Crippen LogP contribution in [0.1, 0.15) is 19.4 Å². The Hall–Kier alpha value is -1.36. The van der Waals surface area contributed by atoms with Crippen LogP contribution in [-0.4, -0.2) is 27.9 Å². The van der Waals surface area contributed by atoms with Crippen LogP contribution in [0.15, 0.2) is 30.3 Å². The fourth-order valence-corrected chi connectivity index (χ4v) is 1.74. The van der Waals surface area contributed by atoms with Crippen LogP contribution >= 0.6 is 15.9 Å². The molecule has 0 aliphatic heterocycles. The maximum absolute atomic E-state index is 11.9. The maximum atomic E-state index is 11.9. The molecule has 104 valence electrons. The molecule has 4 nitrogen and oxygen atoms in total. The van der Waals surface area contributed by atoms with Crippen molar-refractivity contribution >= 4 is 27.8 Å². The molecule has 19 heavy (non-hydrogen) atoms. The molecular weight excluding hydrogens is 310 g/mol. The smallest absolute Gasteiger partial charge is 0.326 e. The first kappa shape index (κ1) is 15.7. The van der Waals surface area contributed by atoms with Crippen LogP contribution in [-0.2, 0) is 16.0 Å². The van der Waals surface area contributed by atoms with Crippen molar-refractivity contribution in [3.63, 3.8) is 0 Å². The van der Waals surface area contributed by atoms with E-state index in [4.69, 9.17) is 0 Å². The van der Waals surface area contributed by atoms with Gasteiger partial charge in [0, 0.05) is 6.42 Å². The van der Waals surface area contributed by atoms with E-state index < -0.39 is 12.0 Å². The third kappa shape index (κ3) is 5.03. The lowest BCUT2D eigenvalue weighted by molar-refractivity contribution is -0.141. The van der Waals surface area contributed by atoms with Gasteiger partial charge < -0.3 is 10.4 Å². The number of carbonyl (C=O) groups is 2. The molecule has 0 aliphatic carbocycles. The highest BCUT2D eigenvalue weighted by molar-refractivity contribution is 9.10. The Labute approximate surface area is 121 Å². The average Bonchev–Trinajstić information content (AvgIpc) is 2.37. The molecular formula is C14H18BrNO3. The van der Waals surface area contributed by atoms with Crippen molar-refractivity contribution in [2.45, 2.75) is 31.1 Å². The van der Waals surface area contributed by atoms with Crippen molar-refractivity contribution < 1.29 is 14.7 Å². The molecule has 0 saturated carbocycles. The molecule has 1 aromatic rings. The van der Waals surface area contributed by atoms with E-state index in [0.717, 1.165) is 5.56 Å². The van der Waals surface area contributed by atoms with E-state index >= 15 is 0 Å². The fraction of sp³-hybridized carbons (Fsp3) is 0.429. The lowest BCUT2D eigenvalue weighted by Crippen LogP contribution is -2.46. The third-order valence-electron chi connectivity index (χ3n) is 2.73. The van der Waals surface area contributed by atoms with Gasteiger partial charge in [-0.1, -0.05) is 60.1 Å². The standard InChI is InChI=1S/C14H18BrNO3/c1-9(2)12(15)13(17)16-11(14(18)19)8-10-6-4-3-5-7-10/h3-7,9,11-12H,8H2,1-2H3,(H,16,17)(H,18,19)/t11-,12?/m0/s1. The molecule has 0 heterocycles. The molecule has 0 bridgehead atoms. The number of hydrogen-bond acceptors (Lipinski definition) is 2. The zero-order chi connectivity index (χ0) is 14.4. The molecule has 5 heteroatoms. The van der Waals surface area contributed by atoms with E-state index in [1.807, 2.05) is 44.2 Å². The number of carbonyl (C=O) groups excluding carboxylic acids is 1. The van der Waals surface area contributed by atoms with Crippen LogP contribution in [0.3, 0.4) is 0 Å². The molecule has 0 radical (unpaired) electrons. The topological polar surface area (TPSA) is 66.4 Å². The second-order valence-electron chi connectivity index (χ2n) is 4.73. The van der Waals surface area contributed by atoms with Gasteiger partial charge in [0.25, 0.3) is 0 Å². The predicted octanol–water partition coefficient (Wildman–Crippen LogP) is 2.22. The van der Waals surface area contributed by atoms with Gasteiger partial charge in [-0.05, 0) is 11.5 Å². The average molecular weight is 328 g/mol. The highest BCUT2D eigenvalue weighted by Gasteiger charge is 2.25. The van der Waals surface area contributed by atoms with Gasteiger partial charge in [0.05, 0.1) is 4.83 Å². The van der Waals surface area contributed by atoms with E-state index in [0.29, 0.717) is 0 Å². The summed E-state index contributed by atoms with van der Waals surface area (Å²) in [6.07, 6.45) is 0.278. The van der Waals surface area contributed by atoms with E-state index in [1.165, 1.54) is 0 Å². The first-order chi connectivity index (χ1) is 8.91.